The molecule has 0 aromatic carbocycles. The Labute approximate surface area is 67.3 Å². The summed E-state index contributed by atoms with van der Waals surface area (Å²) >= 11 is 0. The van der Waals surface area contributed by atoms with Crippen LogP contribution in [0.25, 0.3) is 0 Å². The van der Waals surface area contributed by atoms with Crippen molar-refractivity contribution in [2.45, 2.75) is 26.3 Å². The van der Waals surface area contributed by atoms with Crippen LogP contribution in [0.1, 0.15) is 20.8 Å². The maximum atomic E-state index is 11.0. The van der Waals surface area contributed by atoms with Crippen LogP contribution in [-0.2, 0) is 4.79 Å². The van der Waals surface area contributed by atoms with E-state index in [0.29, 0.717) is 0 Å². The van der Waals surface area contributed by atoms with E-state index in [0.717, 1.165) is 0 Å². The highest BCUT2D eigenvalue weighted by Gasteiger charge is 2.23. The predicted octanol–water partition coefficient (Wildman–Crippen LogP) is 0.749. The van der Waals surface area contributed by atoms with Gasteiger partial charge in [-0.05, 0) is 26.8 Å². The maximum absolute atomic E-state index is 11.0. The number of amides is 1. The number of aliphatic hydroxyl groups excluding tert-OH is 1. The molecular formula is C8H15NO2. The van der Waals surface area contributed by atoms with Crippen molar-refractivity contribution < 1.29 is 9.90 Å². The molecule has 1 amide bonds. The van der Waals surface area contributed by atoms with E-state index < -0.39 is 0 Å². The summed E-state index contributed by atoms with van der Waals surface area (Å²) in [6.07, 6.45) is 1.20. The molecule has 0 aliphatic rings. The zero-order valence-corrected chi connectivity index (χ0v) is 7.29. The molecule has 0 atom stereocenters. The van der Waals surface area contributed by atoms with E-state index in [-0.39, 0.29) is 18.2 Å². The highest BCUT2D eigenvalue weighted by molar-refractivity contribution is 5.87. The molecule has 0 saturated heterocycles. The standard InChI is InChI=1S/C8H15NO2/c1-5-7(11)9(6-10)8(2,3)4/h5,10H,1,6H2,2-4H3. The van der Waals surface area contributed by atoms with E-state index >= 15 is 0 Å². The number of hydrogen-bond acceptors (Lipinski definition) is 2. The first-order valence-electron chi connectivity index (χ1n) is 3.48. The number of aliphatic hydroxyl groups is 1. The van der Waals surface area contributed by atoms with E-state index in [1.54, 1.807) is 0 Å². The summed E-state index contributed by atoms with van der Waals surface area (Å²) in [6.45, 7) is 8.63. The normalized spacial score (nSPS) is 10.9. The predicted molar refractivity (Wildman–Crippen MR) is 43.9 cm³/mol. The Bertz CT molecular complexity index is 158. The molecule has 0 rings (SSSR count). The van der Waals surface area contributed by atoms with E-state index in [2.05, 4.69) is 6.58 Å². The molecule has 0 aromatic rings. The van der Waals surface area contributed by atoms with Gasteiger partial charge >= 0.3 is 0 Å². The molecule has 0 saturated carbocycles. The zero-order chi connectivity index (χ0) is 9.07. The van der Waals surface area contributed by atoms with Crippen molar-refractivity contribution in [3.8, 4) is 0 Å². The van der Waals surface area contributed by atoms with Crippen LogP contribution in [0.3, 0.4) is 0 Å². The van der Waals surface area contributed by atoms with Crippen molar-refractivity contribution in [2.75, 3.05) is 6.73 Å². The minimum atomic E-state index is -0.347. The minimum Gasteiger partial charge on any atom is -0.376 e. The van der Waals surface area contributed by atoms with Crippen LogP contribution in [-0.4, -0.2) is 28.2 Å². The third-order valence-corrected chi connectivity index (χ3v) is 1.39. The molecule has 0 radical (unpaired) electrons. The fourth-order valence-corrected chi connectivity index (χ4v) is 0.723. The van der Waals surface area contributed by atoms with Gasteiger partial charge in [-0.3, -0.25) is 4.79 Å². The van der Waals surface area contributed by atoms with Gasteiger partial charge in [0, 0.05) is 5.54 Å². The Morgan fingerprint density at radius 1 is 1.64 bits per heavy atom. The van der Waals surface area contributed by atoms with Crippen LogP contribution >= 0.6 is 0 Å². The van der Waals surface area contributed by atoms with Gasteiger partial charge < -0.3 is 10.0 Å². The highest BCUT2D eigenvalue weighted by Crippen LogP contribution is 2.11. The van der Waals surface area contributed by atoms with Crippen molar-refractivity contribution >= 4 is 5.91 Å². The molecule has 1 N–H and O–H groups in total. The van der Waals surface area contributed by atoms with Gasteiger partial charge in [0.1, 0.15) is 6.73 Å². The molecule has 0 aliphatic heterocycles. The van der Waals surface area contributed by atoms with Gasteiger partial charge in [-0.2, -0.15) is 0 Å². The smallest absolute Gasteiger partial charge is 0.248 e. The first-order chi connectivity index (χ1) is 4.93. The second-order valence-corrected chi connectivity index (χ2v) is 3.28. The van der Waals surface area contributed by atoms with E-state index in [4.69, 9.17) is 5.11 Å². The molecule has 0 aromatic heterocycles. The Balaban J connectivity index is 4.41. The molecule has 3 nitrogen and oxygen atoms in total. The molecule has 0 bridgehead atoms. The maximum Gasteiger partial charge on any atom is 0.248 e. The average Bonchev–Trinajstić information content (AvgIpc) is 1.86. The Kier molecular flexibility index (Phi) is 3.26. The number of carbonyl (C=O) groups is 1. The van der Waals surface area contributed by atoms with E-state index in [1.165, 1.54) is 11.0 Å². The number of carbonyl (C=O) groups excluding carboxylic acids is 1. The first-order valence-corrected chi connectivity index (χ1v) is 3.48. The molecule has 0 heterocycles. The molecule has 0 spiro atoms. The SMILES string of the molecule is C=CC(=O)N(CO)C(C)(C)C. The molecule has 3 heteroatoms. The second kappa shape index (κ2) is 3.53. The van der Waals surface area contributed by atoms with Gasteiger partial charge in [0.15, 0.2) is 0 Å². The fraction of sp³-hybridized carbons (Fsp3) is 0.625. The summed E-state index contributed by atoms with van der Waals surface area (Å²) < 4.78 is 0. The van der Waals surface area contributed by atoms with Crippen LogP contribution in [0.2, 0.25) is 0 Å². The van der Waals surface area contributed by atoms with Crippen LogP contribution in [0.15, 0.2) is 12.7 Å². The van der Waals surface area contributed by atoms with Gasteiger partial charge in [0.2, 0.25) is 5.91 Å². The third kappa shape index (κ3) is 2.72. The molecule has 0 fully saturated rings. The number of rotatable bonds is 2. The molecule has 0 unspecified atom stereocenters. The van der Waals surface area contributed by atoms with Gasteiger partial charge in [0.05, 0.1) is 0 Å². The summed E-state index contributed by atoms with van der Waals surface area (Å²) in [5.74, 6) is -0.250. The van der Waals surface area contributed by atoms with Crippen LogP contribution in [0.4, 0.5) is 0 Å². The third-order valence-electron chi connectivity index (χ3n) is 1.39. The second-order valence-electron chi connectivity index (χ2n) is 3.28. The molecular weight excluding hydrogens is 142 g/mol. The van der Waals surface area contributed by atoms with E-state index in [9.17, 15) is 4.79 Å². The lowest BCUT2D eigenvalue weighted by Gasteiger charge is -2.32. The number of hydrogen-bond donors (Lipinski definition) is 1. The summed E-state index contributed by atoms with van der Waals surface area (Å²) in [5, 5.41) is 8.82. The van der Waals surface area contributed by atoms with Crippen molar-refractivity contribution in [2.24, 2.45) is 0 Å². The van der Waals surface area contributed by atoms with Gasteiger partial charge in [-0.25, -0.2) is 0 Å². The lowest BCUT2D eigenvalue weighted by Crippen LogP contribution is -2.45. The molecule has 64 valence electrons. The highest BCUT2D eigenvalue weighted by atomic mass is 16.3. The van der Waals surface area contributed by atoms with E-state index in [1.807, 2.05) is 20.8 Å². The van der Waals surface area contributed by atoms with Crippen molar-refractivity contribution in [3.63, 3.8) is 0 Å². The van der Waals surface area contributed by atoms with Gasteiger partial charge in [0.25, 0.3) is 0 Å². The van der Waals surface area contributed by atoms with Crippen molar-refractivity contribution in [1.29, 1.82) is 0 Å². The Hall–Kier alpha value is -0.830. The monoisotopic (exact) mass is 157 g/mol. The zero-order valence-electron chi connectivity index (χ0n) is 7.29. The summed E-state index contributed by atoms with van der Waals surface area (Å²) in [4.78, 5) is 12.4. The Morgan fingerprint density at radius 3 is 2.18 bits per heavy atom. The average molecular weight is 157 g/mol. The summed E-state index contributed by atoms with van der Waals surface area (Å²) in [5.41, 5.74) is -0.347. The topological polar surface area (TPSA) is 40.5 Å². The summed E-state index contributed by atoms with van der Waals surface area (Å²) in [6, 6.07) is 0. The summed E-state index contributed by atoms with van der Waals surface area (Å²) in [7, 11) is 0. The largest absolute Gasteiger partial charge is 0.376 e. The quantitative estimate of drug-likeness (QED) is 0.474. The minimum absolute atomic E-state index is 0.250. The lowest BCUT2D eigenvalue weighted by molar-refractivity contribution is -0.135. The van der Waals surface area contributed by atoms with Crippen LogP contribution in [0, 0.1) is 0 Å². The molecule has 0 aliphatic carbocycles. The number of nitrogens with zero attached hydrogens (tertiary/aromatic N) is 1. The van der Waals surface area contributed by atoms with Crippen molar-refractivity contribution in [3.05, 3.63) is 12.7 Å². The Morgan fingerprint density at radius 2 is 2.09 bits per heavy atom. The fourth-order valence-electron chi connectivity index (χ4n) is 0.723. The first kappa shape index (κ1) is 10.2. The lowest BCUT2D eigenvalue weighted by atomic mass is 10.1. The van der Waals surface area contributed by atoms with Crippen molar-refractivity contribution in [1.82, 2.24) is 4.90 Å². The van der Waals surface area contributed by atoms with Gasteiger partial charge in [-0.1, -0.05) is 6.58 Å². The molecule has 11 heavy (non-hydrogen) atoms. The van der Waals surface area contributed by atoms with Crippen LogP contribution in [0.5, 0.6) is 0 Å². The van der Waals surface area contributed by atoms with Crippen LogP contribution < -0.4 is 0 Å². The van der Waals surface area contributed by atoms with Gasteiger partial charge in [-0.15, -0.1) is 0 Å².